The van der Waals surface area contributed by atoms with E-state index in [1.165, 1.54) is 0 Å². The van der Waals surface area contributed by atoms with E-state index in [2.05, 4.69) is 10.2 Å². The Morgan fingerprint density at radius 2 is 2.12 bits per heavy atom. The van der Waals surface area contributed by atoms with Crippen LogP contribution in [0.2, 0.25) is 0 Å². The molecule has 144 valence electrons. The van der Waals surface area contributed by atoms with Crippen LogP contribution in [0.3, 0.4) is 0 Å². The van der Waals surface area contributed by atoms with Crippen molar-refractivity contribution in [3.63, 3.8) is 0 Å². The molecule has 1 fully saturated rings. The van der Waals surface area contributed by atoms with Gasteiger partial charge in [0.1, 0.15) is 6.10 Å². The number of aliphatic imine (C=N–C) groups is 1. The first-order chi connectivity index (χ1) is 12.7. The third-order valence-electron chi connectivity index (χ3n) is 4.54. The molecule has 0 aromatic heterocycles. The van der Waals surface area contributed by atoms with Gasteiger partial charge in [0, 0.05) is 26.7 Å². The first-order valence-corrected chi connectivity index (χ1v) is 9.47. The number of methoxy groups -OCH3 is 1. The molecule has 1 aliphatic rings. The fraction of sp³-hybridized carbons (Fsp3) is 0.600. The van der Waals surface area contributed by atoms with E-state index < -0.39 is 0 Å². The van der Waals surface area contributed by atoms with Gasteiger partial charge in [0.25, 0.3) is 0 Å². The van der Waals surface area contributed by atoms with Gasteiger partial charge in [0.15, 0.2) is 5.96 Å². The van der Waals surface area contributed by atoms with Gasteiger partial charge in [-0.25, -0.2) is 0 Å². The molecule has 2 unspecified atom stereocenters. The molecule has 1 aromatic carbocycles. The van der Waals surface area contributed by atoms with Gasteiger partial charge in [-0.05, 0) is 32.3 Å². The number of carbonyl (C=O) groups excluding carboxylic acids is 1. The zero-order valence-electron chi connectivity index (χ0n) is 16.1. The quantitative estimate of drug-likeness (QED) is 0.459. The number of piperidine rings is 1. The summed E-state index contributed by atoms with van der Waals surface area (Å²) >= 11 is 0. The zero-order valence-corrected chi connectivity index (χ0v) is 16.1. The highest BCUT2D eigenvalue weighted by molar-refractivity contribution is 5.81. The molecule has 6 nitrogen and oxygen atoms in total. The lowest BCUT2D eigenvalue weighted by Gasteiger charge is -2.34. The highest BCUT2D eigenvalue weighted by Crippen LogP contribution is 2.20. The van der Waals surface area contributed by atoms with Crippen LogP contribution in [0, 0.1) is 5.92 Å². The first kappa shape index (κ1) is 20.2. The molecule has 0 saturated carbocycles. The molecule has 0 spiro atoms. The number of benzene rings is 1. The van der Waals surface area contributed by atoms with Gasteiger partial charge in [-0.15, -0.1) is 0 Å². The lowest BCUT2D eigenvalue weighted by molar-refractivity contribution is -0.149. The van der Waals surface area contributed by atoms with E-state index in [1.54, 1.807) is 7.11 Å². The number of esters is 1. The van der Waals surface area contributed by atoms with Crippen molar-refractivity contribution < 1.29 is 14.3 Å². The molecule has 1 aliphatic heterocycles. The topological polar surface area (TPSA) is 63.2 Å². The van der Waals surface area contributed by atoms with Crippen molar-refractivity contribution >= 4 is 11.9 Å². The lowest BCUT2D eigenvalue weighted by Crippen LogP contribution is -2.48. The Balaban J connectivity index is 2.06. The van der Waals surface area contributed by atoms with Crippen molar-refractivity contribution in [3.05, 3.63) is 35.9 Å². The van der Waals surface area contributed by atoms with Crippen molar-refractivity contribution in [2.45, 2.75) is 32.8 Å². The molecule has 0 radical (unpaired) electrons. The summed E-state index contributed by atoms with van der Waals surface area (Å²) in [5.74, 6) is 0.645. The molecule has 1 saturated heterocycles. The average Bonchev–Trinajstić information content (AvgIpc) is 2.68. The summed E-state index contributed by atoms with van der Waals surface area (Å²) in [4.78, 5) is 19.0. The number of nitrogens with one attached hydrogen (secondary N) is 1. The first-order valence-electron chi connectivity index (χ1n) is 9.47. The molecular weight excluding hydrogens is 330 g/mol. The van der Waals surface area contributed by atoms with Gasteiger partial charge in [0.2, 0.25) is 0 Å². The van der Waals surface area contributed by atoms with E-state index >= 15 is 0 Å². The lowest BCUT2D eigenvalue weighted by atomic mass is 9.98. The Labute approximate surface area is 156 Å². The predicted octanol–water partition coefficient (Wildman–Crippen LogP) is 2.61. The summed E-state index contributed by atoms with van der Waals surface area (Å²) in [7, 11) is 1.71. The normalized spacial score (nSPS) is 19.1. The predicted molar refractivity (Wildman–Crippen MR) is 103 cm³/mol. The summed E-state index contributed by atoms with van der Waals surface area (Å²) in [6.07, 6.45) is 1.75. The maximum Gasteiger partial charge on any atom is 0.310 e. The standard InChI is InChI=1S/C20H31N3O3/c1-4-21-20(22-14-18(25-3)16-10-7-6-8-11-16)23-13-9-12-17(15-23)19(24)26-5-2/h6-8,10-11,17-18H,4-5,9,12-15H2,1-3H3,(H,21,22). The van der Waals surface area contributed by atoms with E-state index in [4.69, 9.17) is 14.5 Å². The maximum absolute atomic E-state index is 12.1. The Morgan fingerprint density at radius 3 is 2.77 bits per heavy atom. The molecule has 1 aromatic rings. The molecule has 0 bridgehead atoms. The number of guanidine groups is 1. The molecule has 26 heavy (non-hydrogen) atoms. The minimum absolute atomic E-state index is 0.0834. The minimum atomic E-state index is -0.105. The third-order valence-corrected chi connectivity index (χ3v) is 4.54. The third kappa shape index (κ3) is 5.73. The zero-order chi connectivity index (χ0) is 18.8. The second-order valence-electron chi connectivity index (χ2n) is 6.37. The van der Waals surface area contributed by atoms with E-state index in [0.717, 1.165) is 37.5 Å². The number of rotatable bonds is 7. The van der Waals surface area contributed by atoms with Crippen LogP contribution in [0.1, 0.15) is 38.4 Å². The summed E-state index contributed by atoms with van der Waals surface area (Å²) in [6, 6.07) is 10.1. The molecule has 1 N–H and O–H groups in total. The van der Waals surface area contributed by atoms with Crippen LogP contribution in [0.15, 0.2) is 35.3 Å². The van der Waals surface area contributed by atoms with E-state index in [0.29, 0.717) is 19.7 Å². The van der Waals surface area contributed by atoms with Gasteiger partial charge in [-0.1, -0.05) is 30.3 Å². The Morgan fingerprint density at radius 1 is 1.35 bits per heavy atom. The van der Waals surface area contributed by atoms with Gasteiger partial charge in [0.05, 0.1) is 19.1 Å². The van der Waals surface area contributed by atoms with Crippen molar-refractivity contribution in [2.75, 3.05) is 39.9 Å². The van der Waals surface area contributed by atoms with Gasteiger partial charge in [-0.3, -0.25) is 9.79 Å². The molecule has 0 aliphatic carbocycles. The van der Waals surface area contributed by atoms with E-state index in [-0.39, 0.29) is 18.0 Å². The number of likely N-dealkylation sites (tertiary alicyclic amines) is 1. The monoisotopic (exact) mass is 361 g/mol. The van der Waals surface area contributed by atoms with Gasteiger partial charge < -0.3 is 19.7 Å². The highest BCUT2D eigenvalue weighted by Gasteiger charge is 2.28. The minimum Gasteiger partial charge on any atom is -0.466 e. The molecule has 1 heterocycles. The number of nitrogens with zero attached hydrogens (tertiary/aromatic N) is 2. The summed E-state index contributed by atoms with van der Waals surface area (Å²) in [5, 5.41) is 3.34. The number of hydrogen-bond donors (Lipinski definition) is 1. The maximum atomic E-state index is 12.1. The molecule has 2 atom stereocenters. The Hall–Kier alpha value is -2.08. The van der Waals surface area contributed by atoms with Crippen LogP contribution in [0.4, 0.5) is 0 Å². The highest BCUT2D eigenvalue weighted by atomic mass is 16.5. The second-order valence-corrected chi connectivity index (χ2v) is 6.37. The largest absolute Gasteiger partial charge is 0.466 e. The van der Waals surface area contributed by atoms with Gasteiger partial charge >= 0.3 is 5.97 Å². The summed E-state index contributed by atoms with van der Waals surface area (Å²) in [5.41, 5.74) is 1.11. The number of hydrogen-bond acceptors (Lipinski definition) is 4. The molecular formula is C20H31N3O3. The van der Waals surface area contributed by atoms with Crippen LogP contribution >= 0.6 is 0 Å². The number of ether oxygens (including phenoxy) is 2. The number of carbonyl (C=O) groups is 1. The van der Waals surface area contributed by atoms with Crippen LogP contribution in [-0.4, -0.2) is 56.7 Å². The molecule has 0 amide bonds. The summed E-state index contributed by atoms with van der Waals surface area (Å²) < 4.78 is 10.8. The van der Waals surface area contributed by atoms with Crippen molar-refractivity contribution in [3.8, 4) is 0 Å². The Bertz CT molecular complexity index is 577. The van der Waals surface area contributed by atoms with E-state index in [9.17, 15) is 4.79 Å². The van der Waals surface area contributed by atoms with Crippen molar-refractivity contribution in [1.82, 2.24) is 10.2 Å². The van der Waals surface area contributed by atoms with Crippen molar-refractivity contribution in [2.24, 2.45) is 10.9 Å². The molecule has 6 heteroatoms. The summed E-state index contributed by atoms with van der Waals surface area (Å²) in [6.45, 7) is 7.17. The fourth-order valence-corrected chi connectivity index (χ4v) is 3.20. The average molecular weight is 361 g/mol. The van der Waals surface area contributed by atoms with E-state index in [1.807, 2.05) is 44.2 Å². The second kappa shape index (κ2) is 10.8. The van der Waals surface area contributed by atoms with Crippen LogP contribution in [-0.2, 0) is 14.3 Å². The SMILES string of the molecule is CCNC(=NCC(OC)c1ccccc1)N1CCCC(C(=O)OCC)C1. The Kier molecular flexibility index (Phi) is 8.41. The smallest absolute Gasteiger partial charge is 0.310 e. The fourth-order valence-electron chi connectivity index (χ4n) is 3.20. The van der Waals surface area contributed by atoms with Crippen LogP contribution < -0.4 is 5.32 Å². The van der Waals surface area contributed by atoms with Gasteiger partial charge in [-0.2, -0.15) is 0 Å². The molecule has 2 rings (SSSR count). The van der Waals surface area contributed by atoms with Crippen LogP contribution in [0.25, 0.3) is 0 Å². The van der Waals surface area contributed by atoms with Crippen molar-refractivity contribution in [1.29, 1.82) is 0 Å². The van der Waals surface area contributed by atoms with Crippen LogP contribution in [0.5, 0.6) is 0 Å².